The zero-order valence-corrected chi connectivity index (χ0v) is 14.8. The number of carbonyl (C=O) groups excluding carboxylic acids is 2. The van der Waals surface area contributed by atoms with Gasteiger partial charge in [0.15, 0.2) is 0 Å². The number of carbonyl (C=O) groups is 2. The van der Waals surface area contributed by atoms with Crippen LogP contribution in [0.25, 0.3) is 0 Å². The lowest BCUT2D eigenvalue weighted by Gasteiger charge is -2.23. The number of hydrogen-bond acceptors (Lipinski definition) is 2. The summed E-state index contributed by atoms with van der Waals surface area (Å²) in [5.41, 5.74) is 2.32. The van der Waals surface area contributed by atoms with Crippen molar-refractivity contribution in [2.75, 3.05) is 13.6 Å². The summed E-state index contributed by atoms with van der Waals surface area (Å²) in [5.74, 6) is 0.0357. The van der Waals surface area contributed by atoms with E-state index in [2.05, 4.69) is 10.6 Å². The minimum absolute atomic E-state index is 0.0357. The molecule has 1 aromatic rings. The van der Waals surface area contributed by atoms with Crippen LogP contribution in [0.5, 0.6) is 0 Å². The Kier molecular flexibility index (Phi) is 7.09. The van der Waals surface area contributed by atoms with Crippen LogP contribution in [0.1, 0.15) is 49.7 Å². The van der Waals surface area contributed by atoms with Crippen molar-refractivity contribution in [3.05, 3.63) is 35.4 Å². The molecule has 132 valence electrons. The molecule has 0 spiro atoms. The van der Waals surface area contributed by atoms with Crippen LogP contribution in [0.15, 0.2) is 24.3 Å². The zero-order chi connectivity index (χ0) is 17.4. The van der Waals surface area contributed by atoms with Crippen molar-refractivity contribution in [3.63, 3.8) is 0 Å². The fourth-order valence-electron chi connectivity index (χ4n) is 3.01. The third-order valence-corrected chi connectivity index (χ3v) is 4.53. The second kappa shape index (κ2) is 9.30. The van der Waals surface area contributed by atoms with E-state index in [9.17, 15) is 9.59 Å². The summed E-state index contributed by atoms with van der Waals surface area (Å²) in [6.07, 6.45) is 6.08. The first-order valence-corrected chi connectivity index (χ1v) is 8.88. The van der Waals surface area contributed by atoms with E-state index in [0.29, 0.717) is 25.6 Å². The van der Waals surface area contributed by atoms with Crippen molar-refractivity contribution in [3.8, 4) is 0 Å². The van der Waals surface area contributed by atoms with Gasteiger partial charge < -0.3 is 15.5 Å². The van der Waals surface area contributed by atoms with Gasteiger partial charge in [-0.25, -0.2) is 4.79 Å². The van der Waals surface area contributed by atoms with Gasteiger partial charge in [0.2, 0.25) is 5.91 Å². The summed E-state index contributed by atoms with van der Waals surface area (Å²) in [7, 11) is 1.80. The Labute approximate surface area is 144 Å². The van der Waals surface area contributed by atoms with E-state index in [4.69, 9.17) is 0 Å². The quantitative estimate of drug-likeness (QED) is 0.842. The van der Waals surface area contributed by atoms with Crippen molar-refractivity contribution in [1.82, 2.24) is 15.5 Å². The highest BCUT2D eigenvalue weighted by Crippen LogP contribution is 2.17. The molecule has 2 rings (SSSR count). The van der Waals surface area contributed by atoms with Crippen LogP contribution in [0, 0.1) is 6.92 Å². The highest BCUT2D eigenvalue weighted by Gasteiger charge is 2.15. The molecule has 0 unspecified atom stereocenters. The second-order valence-electron chi connectivity index (χ2n) is 6.72. The van der Waals surface area contributed by atoms with Crippen molar-refractivity contribution in [2.45, 2.75) is 58.0 Å². The monoisotopic (exact) mass is 331 g/mol. The van der Waals surface area contributed by atoms with Crippen LogP contribution in [0.4, 0.5) is 4.79 Å². The maximum Gasteiger partial charge on any atom is 0.315 e. The molecular formula is C19H29N3O2. The molecule has 0 aliphatic heterocycles. The lowest BCUT2D eigenvalue weighted by atomic mass is 9.96. The van der Waals surface area contributed by atoms with Gasteiger partial charge in [-0.05, 0) is 25.3 Å². The highest BCUT2D eigenvalue weighted by atomic mass is 16.2. The van der Waals surface area contributed by atoms with Crippen molar-refractivity contribution in [1.29, 1.82) is 0 Å². The molecule has 1 aromatic carbocycles. The molecule has 1 aliphatic carbocycles. The summed E-state index contributed by atoms with van der Waals surface area (Å²) >= 11 is 0. The van der Waals surface area contributed by atoms with Gasteiger partial charge in [0, 0.05) is 32.6 Å². The lowest BCUT2D eigenvalue weighted by molar-refractivity contribution is -0.130. The Morgan fingerprint density at radius 2 is 1.79 bits per heavy atom. The average Bonchev–Trinajstić information content (AvgIpc) is 2.57. The van der Waals surface area contributed by atoms with Gasteiger partial charge in [-0.1, -0.05) is 49.1 Å². The third kappa shape index (κ3) is 6.22. The van der Waals surface area contributed by atoms with Gasteiger partial charge in [0.05, 0.1) is 0 Å². The van der Waals surface area contributed by atoms with Crippen LogP contribution in [-0.4, -0.2) is 36.5 Å². The van der Waals surface area contributed by atoms with Crippen LogP contribution >= 0.6 is 0 Å². The summed E-state index contributed by atoms with van der Waals surface area (Å²) in [6, 6.07) is 8.30. The first-order valence-electron chi connectivity index (χ1n) is 8.88. The summed E-state index contributed by atoms with van der Waals surface area (Å²) < 4.78 is 0. The second-order valence-corrected chi connectivity index (χ2v) is 6.72. The molecule has 0 saturated heterocycles. The molecule has 0 atom stereocenters. The first kappa shape index (κ1) is 18.3. The lowest BCUT2D eigenvalue weighted by Crippen LogP contribution is -2.43. The van der Waals surface area contributed by atoms with Crippen LogP contribution in [-0.2, 0) is 11.3 Å². The number of hydrogen-bond donors (Lipinski definition) is 2. The maximum absolute atomic E-state index is 12.1. The largest absolute Gasteiger partial charge is 0.341 e. The van der Waals surface area contributed by atoms with E-state index in [0.717, 1.165) is 18.4 Å². The molecule has 5 heteroatoms. The molecule has 3 amide bonds. The SMILES string of the molecule is Cc1ccc(CN(C)C(=O)CCNC(=O)NC2CCCCC2)cc1. The Morgan fingerprint density at radius 1 is 1.12 bits per heavy atom. The molecule has 0 aromatic heterocycles. The van der Waals surface area contributed by atoms with Crippen LogP contribution in [0.2, 0.25) is 0 Å². The molecule has 5 nitrogen and oxygen atoms in total. The molecule has 1 aliphatic rings. The topological polar surface area (TPSA) is 61.4 Å². The molecular weight excluding hydrogens is 302 g/mol. The fourth-order valence-corrected chi connectivity index (χ4v) is 3.01. The predicted octanol–water partition coefficient (Wildman–Crippen LogP) is 2.98. The summed E-state index contributed by atoms with van der Waals surface area (Å²) in [4.78, 5) is 25.7. The molecule has 24 heavy (non-hydrogen) atoms. The Balaban J connectivity index is 1.64. The standard InChI is InChI=1S/C19H29N3O2/c1-15-8-10-16(11-9-15)14-22(2)18(23)12-13-20-19(24)21-17-6-4-3-5-7-17/h8-11,17H,3-7,12-14H2,1-2H3,(H2,20,21,24). The number of amides is 3. The van der Waals surface area contributed by atoms with Gasteiger partial charge >= 0.3 is 6.03 Å². The number of benzene rings is 1. The number of rotatable bonds is 6. The zero-order valence-electron chi connectivity index (χ0n) is 14.8. The van der Waals surface area contributed by atoms with E-state index in [-0.39, 0.29) is 11.9 Å². The van der Waals surface area contributed by atoms with E-state index < -0.39 is 0 Å². The smallest absolute Gasteiger partial charge is 0.315 e. The van der Waals surface area contributed by atoms with Crippen molar-refractivity contribution >= 4 is 11.9 Å². The number of nitrogens with one attached hydrogen (secondary N) is 2. The Morgan fingerprint density at radius 3 is 2.46 bits per heavy atom. The molecule has 0 radical (unpaired) electrons. The number of nitrogens with zero attached hydrogens (tertiary/aromatic N) is 1. The third-order valence-electron chi connectivity index (χ3n) is 4.53. The molecule has 0 heterocycles. The first-order chi connectivity index (χ1) is 11.5. The molecule has 1 fully saturated rings. The van der Waals surface area contributed by atoms with Gasteiger partial charge in [-0.15, -0.1) is 0 Å². The molecule has 1 saturated carbocycles. The number of urea groups is 1. The van der Waals surface area contributed by atoms with Crippen molar-refractivity contribution < 1.29 is 9.59 Å². The molecule has 0 bridgehead atoms. The van der Waals surface area contributed by atoms with E-state index in [1.807, 2.05) is 31.2 Å². The number of aryl methyl sites for hydroxylation is 1. The van der Waals surface area contributed by atoms with E-state index in [1.54, 1.807) is 11.9 Å². The summed E-state index contributed by atoms with van der Waals surface area (Å²) in [6.45, 7) is 3.01. The highest BCUT2D eigenvalue weighted by molar-refractivity contribution is 5.78. The Hall–Kier alpha value is -2.04. The summed E-state index contributed by atoms with van der Waals surface area (Å²) in [5, 5.41) is 5.78. The van der Waals surface area contributed by atoms with Crippen LogP contribution in [0.3, 0.4) is 0 Å². The fraction of sp³-hybridized carbons (Fsp3) is 0.579. The van der Waals surface area contributed by atoms with Gasteiger partial charge in [-0.2, -0.15) is 0 Å². The van der Waals surface area contributed by atoms with Crippen LogP contribution < -0.4 is 10.6 Å². The maximum atomic E-state index is 12.1. The van der Waals surface area contributed by atoms with Gasteiger partial charge in [0.25, 0.3) is 0 Å². The van der Waals surface area contributed by atoms with Crippen molar-refractivity contribution in [2.24, 2.45) is 0 Å². The van der Waals surface area contributed by atoms with E-state index >= 15 is 0 Å². The van der Waals surface area contributed by atoms with Gasteiger partial charge in [-0.3, -0.25) is 4.79 Å². The predicted molar refractivity (Wildman–Crippen MR) is 95.7 cm³/mol. The minimum atomic E-state index is -0.157. The Bertz CT molecular complexity index is 536. The van der Waals surface area contributed by atoms with Gasteiger partial charge in [0.1, 0.15) is 0 Å². The van der Waals surface area contributed by atoms with E-state index in [1.165, 1.54) is 24.8 Å². The minimum Gasteiger partial charge on any atom is -0.341 e. The normalized spacial score (nSPS) is 14.9. The molecule has 2 N–H and O–H groups in total. The average molecular weight is 331 g/mol.